The zero-order valence-electron chi connectivity index (χ0n) is 11.2. The number of nitrogens with zero attached hydrogens (tertiary/aromatic N) is 1. The number of hydrogen-bond acceptors (Lipinski definition) is 2. The molecule has 0 saturated carbocycles. The van der Waals surface area contributed by atoms with E-state index in [1.807, 2.05) is 6.20 Å². The molecule has 94 valence electrons. The van der Waals surface area contributed by atoms with Crippen LogP contribution < -0.4 is 5.32 Å². The van der Waals surface area contributed by atoms with Crippen molar-refractivity contribution in [3.8, 4) is 0 Å². The van der Waals surface area contributed by atoms with Gasteiger partial charge in [0.15, 0.2) is 0 Å². The van der Waals surface area contributed by atoms with Crippen molar-refractivity contribution in [2.75, 3.05) is 13.1 Å². The molecule has 1 atom stereocenters. The molecule has 1 fully saturated rings. The standard InChI is InChI=1S/C16H20N2/c1-11-8-15-12(2)5-6-14(16(15)18-9-11)13-4-3-7-17-10-13/h5-6,8-9,13,17H,3-4,7,10H2,1-2H3/t13-/m1/s1. The molecular weight excluding hydrogens is 220 g/mol. The smallest absolute Gasteiger partial charge is 0.0740 e. The summed E-state index contributed by atoms with van der Waals surface area (Å²) in [5.74, 6) is 0.622. The van der Waals surface area contributed by atoms with Gasteiger partial charge in [0.1, 0.15) is 0 Å². The molecule has 0 unspecified atom stereocenters. The first kappa shape index (κ1) is 11.7. The van der Waals surface area contributed by atoms with Crippen molar-refractivity contribution in [1.82, 2.24) is 10.3 Å². The summed E-state index contributed by atoms with van der Waals surface area (Å²) >= 11 is 0. The Hall–Kier alpha value is -1.41. The third kappa shape index (κ3) is 2.01. The molecule has 1 N–H and O–H groups in total. The van der Waals surface area contributed by atoms with Crippen LogP contribution in [-0.4, -0.2) is 18.1 Å². The van der Waals surface area contributed by atoms with Gasteiger partial charge in [-0.05, 0) is 61.9 Å². The van der Waals surface area contributed by atoms with Gasteiger partial charge >= 0.3 is 0 Å². The largest absolute Gasteiger partial charge is 0.316 e. The molecule has 1 aromatic heterocycles. The van der Waals surface area contributed by atoms with Crippen molar-refractivity contribution < 1.29 is 0 Å². The molecule has 2 nitrogen and oxygen atoms in total. The van der Waals surface area contributed by atoms with Crippen LogP contribution in [0.1, 0.15) is 35.4 Å². The van der Waals surface area contributed by atoms with E-state index in [1.54, 1.807) is 0 Å². The number of aryl methyl sites for hydroxylation is 2. The second kappa shape index (κ2) is 4.69. The van der Waals surface area contributed by atoms with Gasteiger partial charge in [-0.25, -0.2) is 0 Å². The molecule has 2 heteroatoms. The molecule has 0 aliphatic carbocycles. The number of rotatable bonds is 1. The van der Waals surface area contributed by atoms with Crippen molar-refractivity contribution in [2.24, 2.45) is 0 Å². The fourth-order valence-corrected chi connectivity index (χ4v) is 2.93. The van der Waals surface area contributed by atoms with E-state index in [1.165, 1.54) is 40.4 Å². The molecule has 3 rings (SSSR count). The Bertz CT molecular complexity index is 569. The van der Waals surface area contributed by atoms with Crippen LogP contribution in [0.15, 0.2) is 24.4 Å². The van der Waals surface area contributed by atoms with Gasteiger partial charge in [-0.1, -0.05) is 12.1 Å². The Morgan fingerprint density at radius 1 is 1.28 bits per heavy atom. The molecule has 18 heavy (non-hydrogen) atoms. The van der Waals surface area contributed by atoms with Crippen LogP contribution in [0.25, 0.3) is 10.9 Å². The Balaban J connectivity index is 2.14. The summed E-state index contributed by atoms with van der Waals surface area (Å²) in [7, 11) is 0. The highest BCUT2D eigenvalue weighted by atomic mass is 14.9. The van der Waals surface area contributed by atoms with E-state index >= 15 is 0 Å². The van der Waals surface area contributed by atoms with Gasteiger partial charge in [-0.3, -0.25) is 4.98 Å². The predicted molar refractivity (Wildman–Crippen MR) is 76.1 cm³/mol. The maximum absolute atomic E-state index is 4.69. The Morgan fingerprint density at radius 2 is 2.17 bits per heavy atom. The first-order valence-corrected chi connectivity index (χ1v) is 6.82. The molecule has 2 heterocycles. The van der Waals surface area contributed by atoms with E-state index in [4.69, 9.17) is 0 Å². The summed E-state index contributed by atoms with van der Waals surface area (Å²) in [6.07, 6.45) is 4.54. The zero-order chi connectivity index (χ0) is 12.5. The van der Waals surface area contributed by atoms with Gasteiger partial charge in [0.05, 0.1) is 5.52 Å². The predicted octanol–water partition coefficient (Wildman–Crippen LogP) is 3.32. The van der Waals surface area contributed by atoms with Gasteiger partial charge in [-0.2, -0.15) is 0 Å². The van der Waals surface area contributed by atoms with Gasteiger partial charge in [0.25, 0.3) is 0 Å². The molecular formula is C16H20N2. The average Bonchev–Trinajstić information content (AvgIpc) is 2.41. The van der Waals surface area contributed by atoms with Crippen molar-refractivity contribution in [1.29, 1.82) is 0 Å². The SMILES string of the molecule is Cc1cnc2c([C@@H]3CCCNC3)ccc(C)c2c1. The van der Waals surface area contributed by atoms with Crippen LogP contribution in [0.5, 0.6) is 0 Å². The van der Waals surface area contributed by atoms with Crippen molar-refractivity contribution in [3.63, 3.8) is 0 Å². The van der Waals surface area contributed by atoms with Crippen LogP contribution in [0.4, 0.5) is 0 Å². The second-order valence-corrected chi connectivity index (χ2v) is 5.42. The minimum atomic E-state index is 0.622. The lowest BCUT2D eigenvalue weighted by atomic mass is 9.89. The van der Waals surface area contributed by atoms with Gasteiger partial charge in [0.2, 0.25) is 0 Å². The normalized spacial score (nSPS) is 20.2. The summed E-state index contributed by atoms with van der Waals surface area (Å²) in [6.45, 7) is 6.54. The average molecular weight is 240 g/mol. The highest BCUT2D eigenvalue weighted by Crippen LogP contribution is 2.30. The van der Waals surface area contributed by atoms with E-state index < -0.39 is 0 Å². The number of piperidine rings is 1. The molecule has 1 aliphatic rings. The van der Waals surface area contributed by atoms with Crippen LogP contribution in [0.2, 0.25) is 0 Å². The zero-order valence-corrected chi connectivity index (χ0v) is 11.2. The van der Waals surface area contributed by atoms with E-state index in [9.17, 15) is 0 Å². The Morgan fingerprint density at radius 3 is 2.94 bits per heavy atom. The molecule has 0 amide bonds. The molecule has 1 aliphatic heterocycles. The number of fused-ring (bicyclic) bond motifs is 1. The number of nitrogens with one attached hydrogen (secondary N) is 1. The summed E-state index contributed by atoms with van der Waals surface area (Å²) < 4.78 is 0. The second-order valence-electron chi connectivity index (χ2n) is 5.42. The fourth-order valence-electron chi connectivity index (χ4n) is 2.93. The number of pyridine rings is 1. The minimum absolute atomic E-state index is 0.622. The lowest BCUT2D eigenvalue weighted by Gasteiger charge is -2.24. The van der Waals surface area contributed by atoms with Crippen LogP contribution in [0, 0.1) is 13.8 Å². The summed E-state index contributed by atoms with van der Waals surface area (Å²) in [5, 5.41) is 4.81. The molecule has 0 bridgehead atoms. The third-order valence-corrected chi connectivity index (χ3v) is 3.97. The van der Waals surface area contributed by atoms with E-state index in [0.717, 1.165) is 13.1 Å². The highest BCUT2D eigenvalue weighted by molar-refractivity contribution is 5.85. The Kier molecular flexibility index (Phi) is 3.04. The quantitative estimate of drug-likeness (QED) is 0.827. The topological polar surface area (TPSA) is 24.9 Å². The first-order valence-electron chi connectivity index (χ1n) is 6.82. The van der Waals surface area contributed by atoms with E-state index in [-0.39, 0.29) is 0 Å². The fraction of sp³-hybridized carbons (Fsp3) is 0.438. The number of benzene rings is 1. The number of hydrogen-bond donors (Lipinski definition) is 1. The minimum Gasteiger partial charge on any atom is -0.316 e. The van der Waals surface area contributed by atoms with Crippen molar-refractivity contribution in [2.45, 2.75) is 32.6 Å². The molecule has 1 saturated heterocycles. The monoisotopic (exact) mass is 240 g/mol. The maximum Gasteiger partial charge on any atom is 0.0740 e. The Labute approximate surface area is 108 Å². The maximum atomic E-state index is 4.69. The lowest BCUT2D eigenvalue weighted by Crippen LogP contribution is -2.28. The highest BCUT2D eigenvalue weighted by Gasteiger charge is 2.18. The van der Waals surface area contributed by atoms with Crippen LogP contribution >= 0.6 is 0 Å². The molecule has 2 aromatic rings. The summed E-state index contributed by atoms with van der Waals surface area (Å²) in [6, 6.07) is 6.78. The van der Waals surface area contributed by atoms with Crippen molar-refractivity contribution in [3.05, 3.63) is 41.1 Å². The molecule has 0 spiro atoms. The summed E-state index contributed by atoms with van der Waals surface area (Å²) in [4.78, 5) is 4.69. The van der Waals surface area contributed by atoms with E-state index in [2.05, 4.69) is 42.3 Å². The van der Waals surface area contributed by atoms with Gasteiger partial charge in [-0.15, -0.1) is 0 Å². The van der Waals surface area contributed by atoms with E-state index in [0.29, 0.717) is 5.92 Å². The lowest BCUT2D eigenvalue weighted by molar-refractivity contribution is 0.463. The van der Waals surface area contributed by atoms with Gasteiger partial charge < -0.3 is 5.32 Å². The third-order valence-electron chi connectivity index (χ3n) is 3.97. The first-order chi connectivity index (χ1) is 8.75. The van der Waals surface area contributed by atoms with Crippen LogP contribution in [-0.2, 0) is 0 Å². The van der Waals surface area contributed by atoms with Crippen molar-refractivity contribution >= 4 is 10.9 Å². The molecule has 1 aromatic carbocycles. The van der Waals surface area contributed by atoms with Crippen LogP contribution in [0.3, 0.4) is 0 Å². The van der Waals surface area contributed by atoms with Gasteiger partial charge in [0, 0.05) is 18.1 Å². The number of aromatic nitrogens is 1. The summed E-state index contributed by atoms with van der Waals surface area (Å²) in [5.41, 5.74) is 5.19. The molecule has 0 radical (unpaired) electrons.